The fourth-order valence-corrected chi connectivity index (χ4v) is 2.53. The van der Waals surface area contributed by atoms with Crippen molar-refractivity contribution in [3.05, 3.63) is 77.1 Å². The summed E-state index contributed by atoms with van der Waals surface area (Å²) in [4.78, 5) is 0. The van der Waals surface area contributed by atoms with E-state index in [1.807, 2.05) is 18.2 Å². The van der Waals surface area contributed by atoms with Crippen LogP contribution in [-0.2, 0) is 0 Å². The average Bonchev–Trinajstić information content (AvgIpc) is 2.41. The lowest BCUT2D eigenvalue weighted by Crippen LogP contribution is -2.10. The van der Waals surface area contributed by atoms with E-state index in [0.29, 0.717) is 11.7 Å². The topological polar surface area (TPSA) is 20.2 Å². The first-order chi connectivity index (χ1) is 8.75. The Morgan fingerprint density at radius 1 is 1.11 bits per heavy atom. The number of hydrogen-bond acceptors (Lipinski definition) is 1. The summed E-state index contributed by atoms with van der Waals surface area (Å²) in [5.41, 5.74) is 4.32. The van der Waals surface area contributed by atoms with Crippen LogP contribution in [0.5, 0.6) is 0 Å². The van der Waals surface area contributed by atoms with Gasteiger partial charge in [-0.1, -0.05) is 60.2 Å². The maximum Gasteiger partial charge on any atom is 0.126 e. The molecule has 0 radical (unpaired) electrons. The second kappa shape index (κ2) is 4.34. The van der Waals surface area contributed by atoms with E-state index < -0.39 is 0 Å². The third-order valence-corrected chi connectivity index (χ3v) is 3.60. The molecule has 0 fully saturated rings. The van der Waals surface area contributed by atoms with Crippen LogP contribution >= 0.6 is 0 Å². The van der Waals surface area contributed by atoms with Crippen molar-refractivity contribution in [3.8, 4) is 0 Å². The van der Waals surface area contributed by atoms with E-state index in [1.165, 1.54) is 5.56 Å². The van der Waals surface area contributed by atoms with Gasteiger partial charge < -0.3 is 5.11 Å². The number of benzene rings is 1. The Morgan fingerprint density at radius 3 is 2.67 bits per heavy atom. The summed E-state index contributed by atoms with van der Waals surface area (Å²) >= 11 is 0. The molecule has 2 aliphatic carbocycles. The molecule has 2 aliphatic rings. The predicted octanol–water partition coefficient (Wildman–Crippen LogP) is 4.34. The normalized spacial score (nSPS) is 21.8. The van der Waals surface area contributed by atoms with E-state index in [9.17, 15) is 5.11 Å². The molecular formula is C17H16O. The van der Waals surface area contributed by atoms with Crippen LogP contribution in [0.1, 0.15) is 17.5 Å². The number of aliphatic hydroxyl groups excluding tert-OH is 1. The third kappa shape index (κ3) is 1.82. The van der Waals surface area contributed by atoms with E-state index in [4.69, 9.17) is 0 Å². The van der Waals surface area contributed by atoms with E-state index in [-0.39, 0.29) is 0 Å². The minimum atomic E-state index is 0.337. The lowest BCUT2D eigenvalue weighted by atomic mass is 9.82. The van der Waals surface area contributed by atoms with Crippen molar-refractivity contribution in [2.75, 3.05) is 0 Å². The predicted molar refractivity (Wildman–Crippen MR) is 75.2 cm³/mol. The van der Waals surface area contributed by atoms with Crippen LogP contribution in [0, 0.1) is 12.8 Å². The number of aryl methyl sites for hydroxylation is 1. The molecule has 1 heteroatoms. The van der Waals surface area contributed by atoms with Crippen LogP contribution < -0.4 is 0 Å². The summed E-state index contributed by atoms with van der Waals surface area (Å²) in [5, 5.41) is 10.4. The van der Waals surface area contributed by atoms with E-state index in [0.717, 1.165) is 23.1 Å². The Kier molecular flexibility index (Phi) is 2.67. The lowest BCUT2D eigenvalue weighted by molar-refractivity contribution is 0.422. The van der Waals surface area contributed by atoms with Crippen molar-refractivity contribution < 1.29 is 5.11 Å². The van der Waals surface area contributed by atoms with Crippen LogP contribution in [-0.4, -0.2) is 5.11 Å². The van der Waals surface area contributed by atoms with Crippen LogP contribution in [0.3, 0.4) is 0 Å². The largest absolute Gasteiger partial charge is 0.507 e. The molecule has 1 aromatic carbocycles. The molecule has 0 saturated heterocycles. The van der Waals surface area contributed by atoms with Crippen LogP contribution in [0.4, 0.5) is 0 Å². The quantitative estimate of drug-likeness (QED) is 0.769. The highest BCUT2D eigenvalue weighted by atomic mass is 16.3. The van der Waals surface area contributed by atoms with Crippen molar-refractivity contribution in [1.29, 1.82) is 0 Å². The molecule has 0 heterocycles. The number of hydrogen-bond donors (Lipinski definition) is 1. The van der Waals surface area contributed by atoms with E-state index in [1.54, 1.807) is 0 Å². The first kappa shape index (κ1) is 11.1. The molecule has 0 amide bonds. The molecule has 0 saturated carbocycles. The second-order valence-electron chi connectivity index (χ2n) is 4.87. The van der Waals surface area contributed by atoms with Crippen LogP contribution in [0.15, 0.2) is 66.0 Å². The minimum Gasteiger partial charge on any atom is -0.507 e. The van der Waals surface area contributed by atoms with Gasteiger partial charge in [-0.15, -0.1) is 0 Å². The Labute approximate surface area is 107 Å². The summed E-state index contributed by atoms with van der Waals surface area (Å²) in [6, 6.07) is 8.30. The first-order valence-corrected chi connectivity index (χ1v) is 6.31. The maximum absolute atomic E-state index is 10.4. The van der Waals surface area contributed by atoms with Gasteiger partial charge in [-0.25, -0.2) is 0 Å². The van der Waals surface area contributed by atoms with Gasteiger partial charge in [0.05, 0.1) is 0 Å². The SMILES string of the molecule is Cc1ccc(C2=CCC3C=CC=CC3=C2O)cc1. The zero-order valence-electron chi connectivity index (χ0n) is 10.4. The zero-order chi connectivity index (χ0) is 12.5. The summed E-state index contributed by atoms with van der Waals surface area (Å²) in [7, 11) is 0. The molecule has 0 aromatic heterocycles. The standard InChI is InChI=1S/C17H16O/c1-12-6-8-14(9-7-12)16-11-10-13-4-2-3-5-15(13)17(16)18/h2-9,11,13,18H,10H2,1H3. The zero-order valence-corrected chi connectivity index (χ0v) is 10.4. The van der Waals surface area contributed by atoms with Crippen molar-refractivity contribution in [2.24, 2.45) is 5.92 Å². The fraction of sp³-hybridized carbons (Fsp3) is 0.176. The van der Waals surface area contributed by atoms with Crippen molar-refractivity contribution in [3.63, 3.8) is 0 Å². The summed E-state index contributed by atoms with van der Waals surface area (Å²) in [5.74, 6) is 0.764. The van der Waals surface area contributed by atoms with Crippen LogP contribution in [0.25, 0.3) is 5.57 Å². The van der Waals surface area contributed by atoms with Gasteiger partial charge in [0.15, 0.2) is 0 Å². The maximum atomic E-state index is 10.4. The highest BCUT2D eigenvalue weighted by molar-refractivity contribution is 5.80. The van der Waals surface area contributed by atoms with Gasteiger partial charge in [0, 0.05) is 17.1 Å². The number of fused-ring (bicyclic) bond motifs is 1. The molecular weight excluding hydrogens is 220 g/mol. The number of aliphatic hydroxyl groups is 1. The third-order valence-electron chi connectivity index (χ3n) is 3.60. The minimum absolute atomic E-state index is 0.337. The molecule has 1 N–H and O–H groups in total. The molecule has 0 aliphatic heterocycles. The summed E-state index contributed by atoms with van der Waals surface area (Å²) in [6.07, 6.45) is 11.3. The van der Waals surface area contributed by atoms with Gasteiger partial charge in [0.2, 0.25) is 0 Å². The molecule has 1 atom stereocenters. The van der Waals surface area contributed by atoms with Crippen molar-refractivity contribution in [2.45, 2.75) is 13.3 Å². The lowest BCUT2D eigenvalue weighted by Gasteiger charge is -2.23. The molecule has 0 bridgehead atoms. The molecule has 3 rings (SSSR count). The van der Waals surface area contributed by atoms with Crippen molar-refractivity contribution >= 4 is 5.57 Å². The number of rotatable bonds is 1. The molecule has 1 aromatic rings. The summed E-state index contributed by atoms with van der Waals surface area (Å²) in [6.45, 7) is 2.07. The van der Waals surface area contributed by atoms with E-state index >= 15 is 0 Å². The van der Waals surface area contributed by atoms with Gasteiger partial charge in [0.1, 0.15) is 5.76 Å². The van der Waals surface area contributed by atoms with Gasteiger partial charge in [-0.3, -0.25) is 0 Å². The highest BCUT2D eigenvalue weighted by Gasteiger charge is 2.22. The van der Waals surface area contributed by atoms with Crippen LogP contribution in [0.2, 0.25) is 0 Å². The van der Waals surface area contributed by atoms with E-state index in [2.05, 4.69) is 43.3 Å². The first-order valence-electron chi connectivity index (χ1n) is 6.31. The monoisotopic (exact) mass is 236 g/mol. The Bertz CT molecular complexity index is 583. The van der Waals surface area contributed by atoms with Gasteiger partial charge >= 0.3 is 0 Å². The van der Waals surface area contributed by atoms with Crippen molar-refractivity contribution in [1.82, 2.24) is 0 Å². The summed E-state index contributed by atoms with van der Waals surface area (Å²) < 4.78 is 0. The highest BCUT2D eigenvalue weighted by Crippen LogP contribution is 2.36. The molecule has 1 nitrogen and oxygen atoms in total. The number of allylic oxidation sites excluding steroid dienone is 7. The van der Waals surface area contributed by atoms with Gasteiger partial charge in [-0.05, 0) is 18.9 Å². The molecule has 1 unspecified atom stereocenters. The average molecular weight is 236 g/mol. The molecule has 18 heavy (non-hydrogen) atoms. The second-order valence-corrected chi connectivity index (χ2v) is 4.87. The Morgan fingerprint density at radius 2 is 1.89 bits per heavy atom. The van der Waals surface area contributed by atoms with Gasteiger partial charge in [0.25, 0.3) is 0 Å². The van der Waals surface area contributed by atoms with Gasteiger partial charge in [-0.2, -0.15) is 0 Å². The Hall–Kier alpha value is -2.02. The molecule has 90 valence electrons. The Balaban J connectivity index is 2.02. The fourth-order valence-electron chi connectivity index (χ4n) is 2.53. The molecule has 0 spiro atoms. The smallest absolute Gasteiger partial charge is 0.126 e.